The van der Waals surface area contributed by atoms with Gasteiger partial charge in [0.05, 0.1) is 24.0 Å². The van der Waals surface area contributed by atoms with Gasteiger partial charge in [-0.25, -0.2) is 9.97 Å². The third-order valence-electron chi connectivity index (χ3n) is 3.26. The van der Waals surface area contributed by atoms with Crippen molar-refractivity contribution < 1.29 is 4.79 Å². The second-order valence-electron chi connectivity index (χ2n) is 6.08. The number of carbonyl (C=O) groups is 1. The lowest BCUT2D eigenvalue weighted by Crippen LogP contribution is -2.37. The number of rotatable bonds is 2. The first kappa shape index (κ1) is 16.9. The largest absolute Gasteiger partial charge is 0.323 e. The Bertz CT molecular complexity index is 435. The molecule has 1 unspecified atom stereocenters. The fourth-order valence-corrected chi connectivity index (χ4v) is 2.10. The number of aromatic nitrogens is 2. The molecule has 1 atom stereocenters. The number of hydrogen-bond donors (Lipinski definition) is 2. The van der Waals surface area contributed by atoms with E-state index in [1.165, 1.54) is 0 Å². The number of anilines is 1. The van der Waals surface area contributed by atoms with Gasteiger partial charge >= 0.3 is 0 Å². The predicted molar refractivity (Wildman–Crippen MR) is 82.2 cm³/mol. The van der Waals surface area contributed by atoms with Crippen LogP contribution < -0.4 is 10.6 Å². The van der Waals surface area contributed by atoms with E-state index in [4.69, 9.17) is 0 Å². The number of nitrogens with one attached hydrogen (secondary N) is 2. The first-order chi connectivity index (χ1) is 8.97. The molecule has 0 saturated carbocycles. The number of piperidine rings is 1. The minimum Gasteiger partial charge on any atom is -0.323 e. The SMILES string of the molecule is CC(C)(C)c1ncc(NC(=O)C2CCCNC2)cn1.Cl. The van der Waals surface area contributed by atoms with E-state index in [0.29, 0.717) is 5.69 Å². The van der Waals surface area contributed by atoms with Crippen molar-refractivity contribution in [3.8, 4) is 0 Å². The lowest BCUT2D eigenvalue weighted by atomic mass is 9.96. The van der Waals surface area contributed by atoms with Gasteiger partial charge in [0.2, 0.25) is 5.91 Å². The maximum atomic E-state index is 12.0. The molecule has 20 heavy (non-hydrogen) atoms. The minimum atomic E-state index is -0.0736. The Morgan fingerprint density at radius 1 is 1.35 bits per heavy atom. The van der Waals surface area contributed by atoms with Crippen molar-refractivity contribution in [2.45, 2.75) is 39.0 Å². The number of amides is 1. The molecule has 2 rings (SSSR count). The van der Waals surface area contributed by atoms with E-state index < -0.39 is 0 Å². The lowest BCUT2D eigenvalue weighted by Gasteiger charge is -2.22. The Kier molecular flexibility index (Phi) is 5.89. The molecule has 6 heteroatoms. The Labute approximate surface area is 126 Å². The molecule has 5 nitrogen and oxygen atoms in total. The van der Waals surface area contributed by atoms with Crippen LogP contribution in [-0.2, 0) is 10.2 Å². The van der Waals surface area contributed by atoms with Crippen molar-refractivity contribution >= 4 is 24.0 Å². The molecule has 1 fully saturated rings. The van der Waals surface area contributed by atoms with E-state index >= 15 is 0 Å². The zero-order chi connectivity index (χ0) is 13.9. The second-order valence-corrected chi connectivity index (χ2v) is 6.08. The number of hydrogen-bond acceptors (Lipinski definition) is 4. The first-order valence-corrected chi connectivity index (χ1v) is 6.81. The summed E-state index contributed by atoms with van der Waals surface area (Å²) >= 11 is 0. The summed E-state index contributed by atoms with van der Waals surface area (Å²) in [5.41, 5.74) is 0.596. The molecular formula is C14H23ClN4O. The van der Waals surface area contributed by atoms with Gasteiger partial charge in [0.15, 0.2) is 0 Å². The Morgan fingerprint density at radius 2 is 2.00 bits per heavy atom. The summed E-state index contributed by atoms with van der Waals surface area (Å²) in [6.07, 6.45) is 5.36. The maximum Gasteiger partial charge on any atom is 0.228 e. The number of carbonyl (C=O) groups excluding carboxylic acids is 1. The molecule has 1 aromatic heterocycles. The van der Waals surface area contributed by atoms with Crippen LogP contribution in [0.15, 0.2) is 12.4 Å². The minimum absolute atomic E-state index is 0. The van der Waals surface area contributed by atoms with Gasteiger partial charge in [-0.2, -0.15) is 0 Å². The molecule has 1 aliphatic heterocycles. The summed E-state index contributed by atoms with van der Waals surface area (Å²) < 4.78 is 0. The van der Waals surface area contributed by atoms with Gasteiger partial charge < -0.3 is 10.6 Å². The average Bonchev–Trinajstić information content (AvgIpc) is 2.39. The highest BCUT2D eigenvalue weighted by atomic mass is 35.5. The predicted octanol–water partition coefficient (Wildman–Crippen LogP) is 2.13. The highest BCUT2D eigenvalue weighted by Crippen LogP contribution is 2.19. The van der Waals surface area contributed by atoms with Gasteiger partial charge in [-0.15, -0.1) is 12.4 Å². The van der Waals surface area contributed by atoms with Gasteiger partial charge in [-0.05, 0) is 19.4 Å². The Hall–Kier alpha value is -1.20. The van der Waals surface area contributed by atoms with Crippen LogP contribution in [0.4, 0.5) is 5.69 Å². The quantitative estimate of drug-likeness (QED) is 0.878. The van der Waals surface area contributed by atoms with Gasteiger partial charge in [0, 0.05) is 12.0 Å². The molecule has 0 aliphatic carbocycles. The third kappa shape index (κ3) is 4.42. The molecule has 1 aliphatic rings. The van der Waals surface area contributed by atoms with Crippen LogP contribution in [0.2, 0.25) is 0 Å². The standard InChI is InChI=1S/C14H22N4O.ClH/c1-14(2,3)13-16-8-11(9-17-13)18-12(19)10-5-4-6-15-7-10;/h8-10,15H,4-7H2,1-3H3,(H,18,19);1H. The number of halogens is 1. The highest BCUT2D eigenvalue weighted by molar-refractivity contribution is 5.92. The summed E-state index contributed by atoms with van der Waals surface area (Å²) in [5, 5.41) is 6.12. The Balaban J connectivity index is 0.00000200. The molecular weight excluding hydrogens is 276 g/mol. The van der Waals surface area contributed by atoms with Crippen LogP contribution in [-0.4, -0.2) is 29.0 Å². The maximum absolute atomic E-state index is 12.0. The Morgan fingerprint density at radius 3 is 2.50 bits per heavy atom. The summed E-state index contributed by atoms with van der Waals surface area (Å²) in [7, 11) is 0. The zero-order valence-electron chi connectivity index (χ0n) is 12.3. The number of nitrogens with zero attached hydrogens (tertiary/aromatic N) is 2. The summed E-state index contributed by atoms with van der Waals surface area (Å²) in [4.78, 5) is 20.7. The normalized spacial score (nSPS) is 19.1. The van der Waals surface area contributed by atoms with E-state index in [2.05, 4.69) is 41.4 Å². The summed E-state index contributed by atoms with van der Waals surface area (Å²) in [6.45, 7) is 7.96. The average molecular weight is 299 g/mol. The molecule has 1 amide bonds. The molecule has 0 aromatic carbocycles. The van der Waals surface area contributed by atoms with Crippen LogP contribution in [0.1, 0.15) is 39.4 Å². The van der Waals surface area contributed by atoms with Crippen LogP contribution in [0.25, 0.3) is 0 Å². The molecule has 1 aromatic rings. The van der Waals surface area contributed by atoms with Gasteiger partial charge in [0.25, 0.3) is 0 Å². The van der Waals surface area contributed by atoms with Crippen LogP contribution in [0.3, 0.4) is 0 Å². The van der Waals surface area contributed by atoms with E-state index in [9.17, 15) is 4.79 Å². The molecule has 0 spiro atoms. The smallest absolute Gasteiger partial charge is 0.228 e. The summed E-state index contributed by atoms with van der Waals surface area (Å²) in [5.74, 6) is 0.889. The van der Waals surface area contributed by atoms with Crippen LogP contribution in [0.5, 0.6) is 0 Å². The summed E-state index contributed by atoms with van der Waals surface area (Å²) in [6, 6.07) is 0. The van der Waals surface area contributed by atoms with Crippen molar-refractivity contribution in [1.29, 1.82) is 0 Å². The fraction of sp³-hybridized carbons (Fsp3) is 0.643. The first-order valence-electron chi connectivity index (χ1n) is 6.81. The van der Waals surface area contributed by atoms with E-state index in [-0.39, 0.29) is 29.6 Å². The van der Waals surface area contributed by atoms with Crippen molar-refractivity contribution in [2.24, 2.45) is 5.92 Å². The highest BCUT2D eigenvalue weighted by Gasteiger charge is 2.21. The fourth-order valence-electron chi connectivity index (χ4n) is 2.10. The van der Waals surface area contributed by atoms with Gasteiger partial charge in [-0.1, -0.05) is 20.8 Å². The third-order valence-corrected chi connectivity index (χ3v) is 3.26. The van der Waals surface area contributed by atoms with Crippen LogP contribution in [0, 0.1) is 5.92 Å². The molecule has 1 saturated heterocycles. The monoisotopic (exact) mass is 298 g/mol. The van der Waals surface area contributed by atoms with E-state index in [1.807, 2.05) is 0 Å². The van der Waals surface area contributed by atoms with Crippen LogP contribution >= 0.6 is 12.4 Å². The van der Waals surface area contributed by atoms with Crippen molar-refractivity contribution in [3.63, 3.8) is 0 Å². The molecule has 112 valence electrons. The topological polar surface area (TPSA) is 66.9 Å². The van der Waals surface area contributed by atoms with E-state index in [1.54, 1.807) is 12.4 Å². The molecule has 0 radical (unpaired) electrons. The van der Waals surface area contributed by atoms with Crippen molar-refractivity contribution in [3.05, 3.63) is 18.2 Å². The second kappa shape index (κ2) is 6.99. The van der Waals surface area contributed by atoms with Crippen molar-refractivity contribution in [2.75, 3.05) is 18.4 Å². The van der Waals surface area contributed by atoms with E-state index in [0.717, 1.165) is 31.8 Å². The molecule has 0 bridgehead atoms. The van der Waals surface area contributed by atoms with Gasteiger partial charge in [0.1, 0.15) is 5.82 Å². The van der Waals surface area contributed by atoms with Crippen molar-refractivity contribution in [1.82, 2.24) is 15.3 Å². The van der Waals surface area contributed by atoms with Gasteiger partial charge in [-0.3, -0.25) is 4.79 Å². The molecule has 2 heterocycles. The zero-order valence-corrected chi connectivity index (χ0v) is 13.1. The lowest BCUT2D eigenvalue weighted by molar-refractivity contribution is -0.120. The molecule has 2 N–H and O–H groups in total.